The molecule has 3 aromatic rings. The normalized spacial score (nSPS) is 18.9. The quantitative estimate of drug-likeness (QED) is 0.660. The van der Waals surface area contributed by atoms with E-state index in [4.69, 9.17) is 9.47 Å². The van der Waals surface area contributed by atoms with Gasteiger partial charge in [0.1, 0.15) is 17.5 Å². The molecule has 0 spiro atoms. The number of benzene rings is 2. The van der Waals surface area contributed by atoms with E-state index in [1.807, 2.05) is 43.3 Å². The lowest BCUT2D eigenvalue weighted by Gasteiger charge is -2.30. The maximum absolute atomic E-state index is 11.8. The number of hydrogen-bond acceptors (Lipinski definition) is 4. The van der Waals surface area contributed by atoms with Crippen molar-refractivity contribution < 1.29 is 19.4 Å². The second-order valence-corrected chi connectivity index (χ2v) is 6.82. The summed E-state index contributed by atoms with van der Waals surface area (Å²) in [6.07, 6.45) is 0.427. The number of carboxylic acids is 1. The Morgan fingerprint density at radius 2 is 1.89 bits per heavy atom. The molecule has 2 heterocycles. The minimum Gasteiger partial charge on any atom is -0.496 e. The van der Waals surface area contributed by atoms with Crippen LogP contribution in [0.15, 0.2) is 36.4 Å². The van der Waals surface area contributed by atoms with Gasteiger partial charge in [0.15, 0.2) is 0 Å². The number of aliphatic carboxylic acids is 1. The molecular weight excluding hydrogens is 344 g/mol. The van der Waals surface area contributed by atoms with Crippen molar-refractivity contribution in [1.82, 2.24) is 10.3 Å². The van der Waals surface area contributed by atoms with Crippen molar-refractivity contribution in [2.24, 2.45) is 0 Å². The third kappa shape index (κ3) is 2.82. The van der Waals surface area contributed by atoms with Crippen molar-refractivity contribution in [3.63, 3.8) is 0 Å². The average molecular weight is 366 g/mol. The number of carbonyl (C=O) groups is 1. The molecule has 2 atom stereocenters. The highest BCUT2D eigenvalue weighted by Gasteiger charge is 2.35. The summed E-state index contributed by atoms with van der Waals surface area (Å²) in [5.41, 5.74) is 4.80. The van der Waals surface area contributed by atoms with Crippen LogP contribution < -0.4 is 14.8 Å². The Bertz CT molecular complexity index is 1020. The van der Waals surface area contributed by atoms with Crippen LogP contribution in [-0.2, 0) is 11.2 Å². The number of ether oxygens (including phenoxy) is 2. The van der Waals surface area contributed by atoms with E-state index in [9.17, 15) is 9.90 Å². The molecule has 0 bridgehead atoms. The van der Waals surface area contributed by atoms with Gasteiger partial charge >= 0.3 is 5.97 Å². The topological polar surface area (TPSA) is 83.6 Å². The van der Waals surface area contributed by atoms with Gasteiger partial charge in [0.2, 0.25) is 0 Å². The molecule has 140 valence electrons. The maximum Gasteiger partial charge on any atom is 0.321 e. The van der Waals surface area contributed by atoms with E-state index in [0.29, 0.717) is 12.2 Å². The van der Waals surface area contributed by atoms with Gasteiger partial charge in [-0.1, -0.05) is 18.2 Å². The van der Waals surface area contributed by atoms with Gasteiger partial charge in [0.25, 0.3) is 0 Å². The predicted molar refractivity (Wildman–Crippen MR) is 103 cm³/mol. The molecule has 1 aromatic heterocycles. The number of carboxylic acid groups (broad SMARTS) is 1. The largest absolute Gasteiger partial charge is 0.496 e. The van der Waals surface area contributed by atoms with Gasteiger partial charge in [-0.05, 0) is 36.2 Å². The van der Waals surface area contributed by atoms with Crippen LogP contribution in [0, 0.1) is 6.92 Å². The molecule has 1 aliphatic rings. The lowest BCUT2D eigenvalue weighted by molar-refractivity contribution is -0.139. The van der Waals surface area contributed by atoms with Crippen molar-refractivity contribution in [2.75, 3.05) is 14.2 Å². The van der Waals surface area contributed by atoms with Crippen molar-refractivity contribution >= 4 is 16.9 Å². The standard InChI is InChI=1S/C21H22N2O4/c1-11-8-18(27-3)14(10-17(11)26-2)20-19-13(9-16(23-20)21(24)25)12-6-4-5-7-15(12)22-19/h4-8,10,16,20,22-23H,9H2,1-3H3,(H,24,25). The highest BCUT2D eigenvalue weighted by Crippen LogP contribution is 2.40. The fourth-order valence-electron chi connectivity index (χ4n) is 3.94. The molecule has 2 aromatic carbocycles. The Hall–Kier alpha value is -2.99. The molecule has 0 aliphatic carbocycles. The first-order valence-corrected chi connectivity index (χ1v) is 8.84. The fraction of sp³-hybridized carbons (Fsp3) is 0.286. The van der Waals surface area contributed by atoms with Gasteiger partial charge in [0.05, 0.1) is 20.3 Å². The second kappa shape index (κ2) is 6.63. The van der Waals surface area contributed by atoms with Crippen LogP contribution >= 0.6 is 0 Å². The summed E-state index contributed by atoms with van der Waals surface area (Å²) in [4.78, 5) is 15.3. The van der Waals surface area contributed by atoms with Gasteiger partial charge in [-0.3, -0.25) is 10.1 Å². The van der Waals surface area contributed by atoms with E-state index in [1.165, 1.54) is 0 Å². The molecule has 27 heavy (non-hydrogen) atoms. The molecular formula is C21H22N2O4. The van der Waals surface area contributed by atoms with Crippen LogP contribution in [-0.4, -0.2) is 36.3 Å². The van der Waals surface area contributed by atoms with E-state index in [2.05, 4.69) is 10.3 Å². The molecule has 6 nitrogen and oxygen atoms in total. The molecule has 4 rings (SSSR count). The van der Waals surface area contributed by atoms with Crippen molar-refractivity contribution in [3.05, 3.63) is 58.8 Å². The summed E-state index contributed by atoms with van der Waals surface area (Å²) in [6.45, 7) is 1.95. The molecule has 2 unspecified atom stereocenters. The highest BCUT2D eigenvalue weighted by atomic mass is 16.5. The zero-order valence-electron chi connectivity index (χ0n) is 15.5. The van der Waals surface area contributed by atoms with E-state index in [1.54, 1.807) is 14.2 Å². The number of para-hydroxylation sites is 1. The monoisotopic (exact) mass is 366 g/mol. The fourth-order valence-corrected chi connectivity index (χ4v) is 3.94. The number of rotatable bonds is 4. The third-order valence-electron chi connectivity index (χ3n) is 5.27. The van der Waals surface area contributed by atoms with Crippen molar-refractivity contribution in [3.8, 4) is 11.5 Å². The summed E-state index contributed by atoms with van der Waals surface area (Å²) in [7, 11) is 3.25. The van der Waals surface area contributed by atoms with Gasteiger partial charge in [-0.2, -0.15) is 0 Å². The van der Waals surface area contributed by atoms with E-state index in [-0.39, 0.29) is 6.04 Å². The summed E-state index contributed by atoms with van der Waals surface area (Å²) >= 11 is 0. The lowest BCUT2D eigenvalue weighted by Crippen LogP contribution is -2.45. The van der Waals surface area contributed by atoms with E-state index >= 15 is 0 Å². The van der Waals surface area contributed by atoms with E-state index in [0.717, 1.165) is 39.0 Å². The van der Waals surface area contributed by atoms with Crippen LogP contribution in [0.4, 0.5) is 0 Å². The molecule has 0 saturated carbocycles. The molecule has 0 radical (unpaired) electrons. The van der Waals surface area contributed by atoms with Crippen LogP contribution in [0.1, 0.15) is 28.4 Å². The van der Waals surface area contributed by atoms with Gasteiger partial charge < -0.3 is 19.6 Å². The summed E-state index contributed by atoms with van der Waals surface area (Å²) < 4.78 is 11.1. The molecule has 3 N–H and O–H groups in total. The smallest absolute Gasteiger partial charge is 0.321 e. The number of aromatic nitrogens is 1. The van der Waals surface area contributed by atoms with Crippen LogP contribution in [0.5, 0.6) is 11.5 Å². The summed E-state index contributed by atoms with van der Waals surface area (Å²) in [5, 5.41) is 14.0. The van der Waals surface area contributed by atoms with Crippen LogP contribution in [0.25, 0.3) is 10.9 Å². The lowest BCUT2D eigenvalue weighted by atomic mass is 9.89. The van der Waals surface area contributed by atoms with Gasteiger partial charge in [-0.25, -0.2) is 0 Å². The summed E-state index contributed by atoms with van der Waals surface area (Å²) in [5.74, 6) is 0.568. The number of aromatic amines is 1. The van der Waals surface area contributed by atoms with Crippen LogP contribution in [0.2, 0.25) is 0 Å². The molecule has 0 fully saturated rings. The Balaban J connectivity index is 1.94. The molecule has 6 heteroatoms. The number of H-pyrrole nitrogens is 1. The zero-order chi connectivity index (χ0) is 19.1. The maximum atomic E-state index is 11.8. The number of nitrogens with one attached hydrogen (secondary N) is 2. The Labute approximate surface area is 157 Å². The first-order chi connectivity index (χ1) is 13.0. The Kier molecular flexibility index (Phi) is 4.28. The number of aryl methyl sites for hydroxylation is 1. The Morgan fingerprint density at radius 1 is 1.15 bits per heavy atom. The minimum absolute atomic E-state index is 0.341. The highest BCUT2D eigenvalue weighted by molar-refractivity contribution is 5.87. The first kappa shape index (κ1) is 17.4. The van der Waals surface area contributed by atoms with Crippen molar-refractivity contribution in [1.29, 1.82) is 0 Å². The van der Waals surface area contributed by atoms with Crippen molar-refractivity contribution in [2.45, 2.75) is 25.4 Å². The third-order valence-corrected chi connectivity index (χ3v) is 5.27. The van der Waals surface area contributed by atoms with Crippen LogP contribution in [0.3, 0.4) is 0 Å². The molecule has 1 aliphatic heterocycles. The van der Waals surface area contributed by atoms with Gasteiger partial charge in [-0.15, -0.1) is 0 Å². The number of hydrogen-bond donors (Lipinski definition) is 3. The minimum atomic E-state index is -0.867. The second-order valence-electron chi connectivity index (χ2n) is 6.82. The zero-order valence-corrected chi connectivity index (χ0v) is 15.5. The Morgan fingerprint density at radius 3 is 2.59 bits per heavy atom. The predicted octanol–water partition coefficient (Wildman–Crippen LogP) is 3.18. The average Bonchev–Trinajstić information content (AvgIpc) is 3.05. The first-order valence-electron chi connectivity index (χ1n) is 8.84. The molecule has 0 saturated heterocycles. The van der Waals surface area contributed by atoms with E-state index < -0.39 is 12.0 Å². The molecule has 0 amide bonds. The van der Waals surface area contributed by atoms with Gasteiger partial charge in [0, 0.05) is 28.6 Å². The number of fused-ring (bicyclic) bond motifs is 3. The SMILES string of the molecule is COc1cc(C2NC(C(=O)O)Cc3c2[nH]c2ccccc32)c(OC)cc1C. The summed E-state index contributed by atoms with van der Waals surface area (Å²) in [6, 6.07) is 10.8. The number of methoxy groups -OCH3 is 2.